The molecule has 1 heterocycles. The van der Waals surface area contributed by atoms with Crippen LogP contribution in [0.15, 0.2) is 0 Å². The van der Waals surface area contributed by atoms with Gasteiger partial charge in [0.05, 0.1) is 18.8 Å². The molecule has 1 rings (SSSR count). The zero-order valence-corrected chi connectivity index (χ0v) is 10.8. The first kappa shape index (κ1) is 15.4. The predicted octanol–water partition coefficient (Wildman–Crippen LogP) is 0.361. The molecular formula is C12H22O6. The Kier molecular flexibility index (Phi) is 6.01. The molecule has 1 aliphatic heterocycles. The van der Waals surface area contributed by atoms with E-state index in [1.165, 1.54) is 0 Å². The zero-order valence-electron chi connectivity index (χ0n) is 10.8. The van der Waals surface area contributed by atoms with E-state index in [9.17, 15) is 15.0 Å². The third-order valence-corrected chi connectivity index (χ3v) is 3.27. The summed E-state index contributed by atoms with van der Waals surface area (Å²) in [5.41, 5.74) is 0. The molecule has 3 N–H and O–H groups in total. The van der Waals surface area contributed by atoms with Crippen LogP contribution < -0.4 is 0 Å². The van der Waals surface area contributed by atoms with Crippen LogP contribution in [-0.4, -0.2) is 52.5 Å². The predicted molar refractivity (Wildman–Crippen MR) is 63.0 cm³/mol. The fourth-order valence-electron chi connectivity index (χ4n) is 2.02. The van der Waals surface area contributed by atoms with Crippen molar-refractivity contribution in [3.8, 4) is 0 Å². The first-order valence-corrected chi connectivity index (χ1v) is 6.32. The van der Waals surface area contributed by atoms with Gasteiger partial charge in [0.1, 0.15) is 6.10 Å². The van der Waals surface area contributed by atoms with Crippen LogP contribution in [0.25, 0.3) is 0 Å². The van der Waals surface area contributed by atoms with Gasteiger partial charge in [-0.25, -0.2) is 0 Å². The highest BCUT2D eigenvalue weighted by Gasteiger charge is 2.41. The fraction of sp³-hybridized carbons (Fsp3) is 0.917. The molecule has 6 nitrogen and oxygen atoms in total. The van der Waals surface area contributed by atoms with Crippen LogP contribution in [0.5, 0.6) is 0 Å². The normalized spacial score (nSPS) is 36.6. The van der Waals surface area contributed by atoms with Crippen molar-refractivity contribution < 1.29 is 29.6 Å². The van der Waals surface area contributed by atoms with E-state index in [4.69, 9.17) is 14.6 Å². The van der Waals surface area contributed by atoms with Crippen molar-refractivity contribution in [3.05, 3.63) is 0 Å². The van der Waals surface area contributed by atoms with Gasteiger partial charge in [0.25, 0.3) is 0 Å². The number of ether oxygens (including phenoxy) is 2. The first-order chi connectivity index (χ1) is 8.47. The summed E-state index contributed by atoms with van der Waals surface area (Å²) in [6.45, 7) is 3.85. The summed E-state index contributed by atoms with van der Waals surface area (Å²) in [7, 11) is 0. The Morgan fingerprint density at radius 3 is 2.56 bits per heavy atom. The summed E-state index contributed by atoms with van der Waals surface area (Å²) in [4.78, 5) is 10.3. The van der Waals surface area contributed by atoms with E-state index >= 15 is 0 Å². The number of carboxylic acids is 1. The Bertz CT molecular complexity index is 267. The lowest BCUT2D eigenvalue weighted by Gasteiger charge is -2.41. The molecule has 106 valence electrons. The van der Waals surface area contributed by atoms with Gasteiger partial charge in [0, 0.05) is 12.3 Å². The molecule has 0 aliphatic carbocycles. The lowest BCUT2D eigenvalue weighted by Crippen LogP contribution is -2.53. The molecule has 2 unspecified atom stereocenters. The second-order valence-corrected chi connectivity index (χ2v) is 4.66. The molecule has 18 heavy (non-hydrogen) atoms. The first-order valence-electron chi connectivity index (χ1n) is 6.32. The van der Waals surface area contributed by atoms with Gasteiger partial charge in [-0.15, -0.1) is 0 Å². The van der Waals surface area contributed by atoms with E-state index in [0.29, 0.717) is 12.8 Å². The van der Waals surface area contributed by atoms with Crippen molar-refractivity contribution in [2.75, 3.05) is 6.61 Å². The Balaban J connectivity index is 2.41. The Morgan fingerprint density at radius 2 is 2.00 bits per heavy atom. The van der Waals surface area contributed by atoms with Crippen LogP contribution in [0.3, 0.4) is 0 Å². The average Bonchev–Trinajstić information content (AvgIpc) is 2.34. The molecular weight excluding hydrogens is 240 g/mol. The molecule has 0 spiro atoms. The summed E-state index contributed by atoms with van der Waals surface area (Å²) in [5.74, 6) is -1.20. The van der Waals surface area contributed by atoms with E-state index in [1.54, 1.807) is 6.92 Å². The standard InChI is InChI=1S/C12H22O6/c1-3-8-10(15)7(2)11(16)12(18-8)17-6-4-5-9(13)14/h7-8,10-12,15-16H,3-6H2,1-2H3,(H,13,14)/t7-,8?,10+,11?,12+/m0/s1. The highest BCUT2D eigenvalue weighted by molar-refractivity contribution is 5.66. The van der Waals surface area contributed by atoms with E-state index < -0.39 is 24.5 Å². The third kappa shape index (κ3) is 3.91. The summed E-state index contributed by atoms with van der Waals surface area (Å²) < 4.78 is 10.8. The minimum Gasteiger partial charge on any atom is -0.481 e. The summed E-state index contributed by atoms with van der Waals surface area (Å²) >= 11 is 0. The van der Waals surface area contributed by atoms with E-state index in [0.717, 1.165) is 0 Å². The molecule has 0 aromatic rings. The maximum Gasteiger partial charge on any atom is 0.303 e. The zero-order chi connectivity index (χ0) is 13.7. The Morgan fingerprint density at radius 1 is 1.33 bits per heavy atom. The van der Waals surface area contributed by atoms with E-state index in [1.807, 2.05) is 6.92 Å². The van der Waals surface area contributed by atoms with E-state index in [2.05, 4.69) is 0 Å². The molecule has 0 bridgehead atoms. The lowest BCUT2D eigenvalue weighted by atomic mass is 9.90. The minimum absolute atomic E-state index is 0.0260. The molecule has 0 saturated carbocycles. The van der Waals surface area contributed by atoms with Gasteiger partial charge in [-0.05, 0) is 12.8 Å². The molecule has 0 radical (unpaired) electrons. The number of aliphatic hydroxyl groups excluding tert-OH is 2. The van der Waals surface area contributed by atoms with Crippen molar-refractivity contribution in [1.82, 2.24) is 0 Å². The maximum atomic E-state index is 10.3. The Labute approximate surface area is 107 Å². The molecule has 1 saturated heterocycles. The second-order valence-electron chi connectivity index (χ2n) is 4.66. The van der Waals surface area contributed by atoms with Gasteiger partial charge >= 0.3 is 5.97 Å². The van der Waals surface area contributed by atoms with Crippen LogP contribution >= 0.6 is 0 Å². The van der Waals surface area contributed by atoms with Crippen molar-refractivity contribution in [2.24, 2.45) is 5.92 Å². The molecule has 0 amide bonds. The number of aliphatic hydroxyl groups is 2. The van der Waals surface area contributed by atoms with Crippen molar-refractivity contribution >= 4 is 5.97 Å². The molecule has 5 atom stereocenters. The van der Waals surface area contributed by atoms with Gasteiger partial charge in [-0.3, -0.25) is 4.79 Å². The monoisotopic (exact) mass is 262 g/mol. The third-order valence-electron chi connectivity index (χ3n) is 3.27. The van der Waals surface area contributed by atoms with Gasteiger partial charge < -0.3 is 24.8 Å². The summed E-state index contributed by atoms with van der Waals surface area (Å²) in [6, 6.07) is 0. The fourth-order valence-corrected chi connectivity index (χ4v) is 2.02. The van der Waals surface area contributed by atoms with Crippen LogP contribution in [0.1, 0.15) is 33.1 Å². The molecule has 6 heteroatoms. The van der Waals surface area contributed by atoms with Gasteiger partial charge in [0.2, 0.25) is 0 Å². The number of aliphatic carboxylic acids is 1. The van der Waals surface area contributed by atoms with Crippen LogP contribution in [0, 0.1) is 5.92 Å². The summed E-state index contributed by atoms with van der Waals surface area (Å²) in [5, 5.41) is 28.2. The van der Waals surface area contributed by atoms with Crippen molar-refractivity contribution in [3.63, 3.8) is 0 Å². The van der Waals surface area contributed by atoms with Gasteiger partial charge in [-0.1, -0.05) is 13.8 Å². The van der Waals surface area contributed by atoms with Gasteiger partial charge in [-0.2, -0.15) is 0 Å². The van der Waals surface area contributed by atoms with Crippen LogP contribution in [-0.2, 0) is 14.3 Å². The lowest BCUT2D eigenvalue weighted by molar-refractivity contribution is -0.283. The number of hydrogen-bond donors (Lipinski definition) is 3. The number of hydrogen-bond acceptors (Lipinski definition) is 5. The molecule has 0 aromatic heterocycles. The number of carbonyl (C=O) groups is 1. The topological polar surface area (TPSA) is 96.2 Å². The van der Waals surface area contributed by atoms with Crippen LogP contribution in [0.2, 0.25) is 0 Å². The molecule has 1 fully saturated rings. The van der Waals surface area contributed by atoms with E-state index in [-0.39, 0.29) is 25.0 Å². The number of carboxylic acid groups (broad SMARTS) is 1. The Hall–Kier alpha value is -0.690. The van der Waals surface area contributed by atoms with Crippen molar-refractivity contribution in [2.45, 2.75) is 57.7 Å². The quantitative estimate of drug-likeness (QED) is 0.598. The summed E-state index contributed by atoms with van der Waals surface area (Å²) in [6.07, 6.45) is -1.72. The SMILES string of the molecule is CCC1O[C@@H](OCCCC(=O)O)C(O)[C@@H](C)[C@H]1O. The highest BCUT2D eigenvalue weighted by Crippen LogP contribution is 2.28. The molecule has 1 aliphatic rings. The average molecular weight is 262 g/mol. The second kappa shape index (κ2) is 7.04. The maximum absolute atomic E-state index is 10.3. The van der Waals surface area contributed by atoms with Crippen LogP contribution in [0.4, 0.5) is 0 Å². The van der Waals surface area contributed by atoms with Gasteiger partial charge in [0.15, 0.2) is 6.29 Å². The minimum atomic E-state index is -0.896. The number of rotatable bonds is 6. The smallest absolute Gasteiger partial charge is 0.303 e. The van der Waals surface area contributed by atoms with Crippen molar-refractivity contribution in [1.29, 1.82) is 0 Å². The molecule has 0 aromatic carbocycles. The highest BCUT2D eigenvalue weighted by atomic mass is 16.7. The largest absolute Gasteiger partial charge is 0.481 e.